The maximum Gasteiger partial charge on any atom is 0.143 e. The number of anilines is 1. The number of aryl methyl sites for hydroxylation is 1. The number of hydrogen-bond donors (Lipinski definition) is 2. The summed E-state index contributed by atoms with van der Waals surface area (Å²) in [5.41, 5.74) is 8.82. The van der Waals surface area contributed by atoms with Gasteiger partial charge < -0.3 is 10.4 Å². The molecule has 2 N–H and O–H groups in total. The van der Waals surface area contributed by atoms with E-state index in [0.717, 1.165) is 23.9 Å². The Morgan fingerprint density at radius 2 is 1.53 bits per heavy atom. The molecule has 0 aliphatic heterocycles. The molecule has 1 aliphatic carbocycles. The average Bonchev–Trinajstić information content (AvgIpc) is 2.93. The highest BCUT2D eigenvalue weighted by Crippen LogP contribution is 2.39. The van der Waals surface area contributed by atoms with Gasteiger partial charge in [-0.3, -0.25) is 0 Å². The Labute approximate surface area is 218 Å². The smallest absolute Gasteiger partial charge is 0.143 e. The van der Waals surface area contributed by atoms with Crippen LogP contribution in [0, 0.1) is 5.92 Å². The van der Waals surface area contributed by atoms with Gasteiger partial charge in [-0.25, -0.2) is 0 Å². The summed E-state index contributed by atoms with van der Waals surface area (Å²) >= 11 is 0. The molecule has 190 valence electrons. The van der Waals surface area contributed by atoms with Gasteiger partial charge in [0.1, 0.15) is 6.23 Å². The Hall–Kier alpha value is -2.84. The highest BCUT2D eigenvalue weighted by Gasteiger charge is 2.22. The molecule has 1 fully saturated rings. The quantitative estimate of drug-likeness (QED) is 0.162. The van der Waals surface area contributed by atoms with Crippen molar-refractivity contribution in [3.8, 4) is 22.3 Å². The standard InChI is InChI=1S/C34H43NO/c1-4-7-8-9-25-10-12-27(13-11-25)28-14-16-30(17-15-28)33-23-20-31(24-26(33)5-2)29-18-21-32(22-19-29)35-34(36)6-3/h6,14-25,27,34-36H,3-5,7-13H2,1-2H3. The summed E-state index contributed by atoms with van der Waals surface area (Å²) < 4.78 is 0. The van der Waals surface area contributed by atoms with Gasteiger partial charge >= 0.3 is 0 Å². The van der Waals surface area contributed by atoms with Gasteiger partial charge in [0.05, 0.1) is 0 Å². The fourth-order valence-electron chi connectivity index (χ4n) is 5.74. The summed E-state index contributed by atoms with van der Waals surface area (Å²) in [4.78, 5) is 0. The first-order valence-electron chi connectivity index (χ1n) is 14.0. The molecule has 0 amide bonds. The Morgan fingerprint density at radius 1 is 0.861 bits per heavy atom. The fourth-order valence-corrected chi connectivity index (χ4v) is 5.74. The van der Waals surface area contributed by atoms with Gasteiger partial charge in [-0.15, -0.1) is 0 Å². The van der Waals surface area contributed by atoms with Crippen molar-refractivity contribution in [1.82, 2.24) is 0 Å². The van der Waals surface area contributed by atoms with E-state index in [1.54, 1.807) is 0 Å². The number of nitrogens with one attached hydrogen (secondary N) is 1. The van der Waals surface area contributed by atoms with Gasteiger partial charge in [-0.1, -0.05) is 101 Å². The lowest BCUT2D eigenvalue weighted by Gasteiger charge is -2.29. The highest BCUT2D eigenvalue weighted by molar-refractivity contribution is 5.74. The van der Waals surface area contributed by atoms with E-state index in [1.165, 1.54) is 90.8 Å². The molecule has 36 heavy (non-hydrogen) atoms. The first-order chi connectivity index (χ1) is 17.6. The predicted octanol–water partition coefficient (Wildman–Crippen LogP) is 9.35. The van der Waals surface area contributed by atoms with E-state index in [9.17, 15) is 5.11 Å². The Balaban J connectivity index is 1.42. The molecule has 1 saturated carbocycles. The van der Waals surface area contributed by atoms with Crippen LogP contribution in [-0.4, -0.2) is 11.3 Å². The monoisotopic (exact) mass is 481 g/mol. The van der Waals surface area contributed by atoms with E-state index in [4.69, 9.17) is 0 Å². The van der Waals surface area contributed by atoms with Crippen molar-refractivity contribution in [2.75, 3.05) is 5.32 Å². The molecule has 3 aromatic rings. The van der Waals surface area contributed by atoms with Crippen LogP contribution in [0.3, 0.4) is 0 Å². The van der Waals surface area contributed by atoms with Crippen LogP contribution in [0.4, 0.5) is 5.69 Å². The predicted molar refractivity (Wildman–Crippen MR) is 155 cm³/mol. The largest absolute Gasteiger partial charge is 0.370 e. The summed E-state index contributed by atoms with van der Waals surface area (Å²) in [6, 6.07) is 24.5. The second kappa shape index (κ2) is 12.9. The Bertz CT molecular complexity index is 1090. The van der Waals surface area contributed by atoms with Crippen LogP contribution in [-0.2, 0) is 6.42 Å². The molecule has 2 heteroatoms. The molecule has 0 saturated heterocycles. The summed E-state index contributed by atoms with van der Waals surface area (Å²) in [5.74, 6) is 1.70. The van der Waals surface area contributed by atoms with Gasteiger partial charge in [0.2, 0.25) is 0 Å². The van der Waals surface area contributed by atoms with Crippen LogP contribution >= 0.6 is 0 Å². The maximum absolute atomic E-state index is 9.71. The topological polar surface area (TPSA) is 32.3 Å². The van der Waals surface area contributed by atoms with E-state index >= 15 is 0 Å². The summed E-state index contributed by atoms with van der Waals surface area (Å²) in [6.45, 7) is 8.14. The first kappa shape index (κ1) is 26.2. The van der Waals surface area contributed by atoms with Gasteiger partial charge in [0.25, 0.3) is 0 Å². The van der Waals surface area contributed by atoms with Gasteiger partial charge in [0.15, 0.2) is 0 Å². The van der Waals surface area contributed by atoms with Crippen molar-refractivity contribution in [3.63, 3.8) is 0 Å². The average molecular weight is 482 g/mol. The third-order valence-electron chi connectivity index (χ3n) is 8.00. The van der Waals surface area contributed by atoms with Crippen molar-refractivity contribution in [1.29, 1.82) is 0 Å². The second-order valence-corrected chi connectivity index (χ2v) is 10.5. The van der Waals surface area contributed by atoms with E-state index in [1.807, 2.05) is 12.1 Å². The zero-order chi connectivity index (χ0) is 25.3. The van der Waals surface area contributed by atoms with Gasteiger partial charge in [0, 0.05) is 5.69 Å². The summed E-state index contributed by atoms with van der Waals surface area (Å²) in [7, 11) is 0. The van der Waals surface area contributed by atoms with Crippen LogP contribution in [0.5, 0.6) is 0 Å². The fraction of sp³-hybridized carbons (Fsp3) is 0.412. The van der Waals surface area contributed by atoms with Crippen molar-refractivity contribution < 1.29 is 5.11 Å². The SMILES string of the molecule is C=CC(O)Nc1ccc(-c2ccc(-c3ccc(C4CCC(CCCCC)CC4)cc3)c(CC)c2)cc1. The minimum absolute atomic E-state index is 0.736. The number of unbranched alkanes of at least 4 members (excludes halogenated alkanes) is 2. The summed E-state index contributed by atoms with van der Waals surface area (Å²) in [5, 5.41) is 12.7. The van der Waals surface area contributed by atoms with E-state index < -0.39 is 6.23 Å². The number of rotatable bonds is 11. The van der Waals surface area contributed by atoms with E-state index in [-0.39, 0.29) is 0 Å². The third-order valence-corrected chi connectivity index (χ3v) is 8.00. The first-order valence-corrected chi connectivity index (χ1v) is 14.0. The lowest BCUT2D eigenvalue weighted by Crippen LogP contribution is -2.14. The number of hydrogen-bond acceptors (Lipinski definition) is 2. The molecule has 0 spiro atoms. The summed E-state index contributed by atoms with van der Waals surface area (Å²) in [6.07, 6.45) is 12.8. The van der Waals surface area contributed by atoms with Crippen molar-refractivity contribution >= 4 is 5.69 Å². The van der Waals surface area contributed by atoms with Crippen molar-refractivity contribution in [2.24, 2.45) is 5.92 Å². The maximum atomic E-state index is 9.71. The lowest BCUT2D eigenvalue weighted by molar-refractivity contribution is 0.253. The van der Waals surface area contributed by atoms with Crippen LogP contribution in [0.1, 0.15) is 82.3 Å². The van der Waals surface area contributed by atoms with Gasteiger partial charge in [-0.2, -0.15) is 0 Å². The minimum atomic E-state index is -0.737. The molecular weight excluding hydrogens is 438 g/mol. The van der Waals surface area contributed by atoms with E-state index in [0.29, 0.717) is 0 Å². The molecule has 0 aromatic heterocycles. The zero-order valence-corrected chi connectivity index (χ0v) is 22.2. The van der Waals surface area contributed by atoms with Crippen molar-refractivity contribution in [3.05, 3.63) is 90.5 Å². The normalized spacial score (nSPS) is 18.5. The Morgan fingerprint density at radius 3 is 2.17 bits per heavy atom. The molecule has 1 aliphatic rings. The number of aliphatic hydroxyl groups is 1. The molecule has 0 bridgehead atoms. The van der Waals surface area contributed by atoms with Crippen molar-refractivity contribution in [2.45, 2.75) is 83.8 Å². The molecular formula is C34H43NO. The third kappa shape index (κ3) is 6.68. The molecule has 2 nitrogen and oxygen atoms in total. The van der Waals surface area contributed by atoms with Crippen LogP contribution in [0.25, 0.3) is 22.3 Å². The Kier molecular flexibility index (Phi) is 9.41. The molecule has 3 aromatic carbocycles. The van der Waals surface area contributed by atoms with Crippen LogP contribution in [0.15, 0.2) is 79.4 Å². The lowest BCUT2D eigenvalue weighted by atomic mass is 9.77. The highest BCUT2D eigenvalue weighted by atomic mass is 16.3. The minimum Gasteiger partial charge on any atom is -0.370 e. The van der Waals surface area contributed by atoms with Gasteiger partial charge in [-0.05, 0) is 95.5 Å². The zero-order valence-electron chi connectivity index (χ0n) is 22.2. The number of benzene rings is 3. The molecule has 1 atom stereocenters. The van der Waals surface area contributed by atoms with Crippen LogP contribution in [0.2, 0.25) is 0 Å². The molecule has 4 rings (SSSR count). The molecule has 1 unspecified atom stereocenters. The molecule has 0 radical (unpaired) electrons. The van der Waals surface area contributed by atoms with E-state index in [2.05, 4.69) is 80.3 Å². The number of aliphatic hydroxyl groups excluding tert-OH is 1. The molecule has 0 heterocycles. The second-order valence-electron chi connectivity index (χ2n) is 10.5. The van der Waals surface area contributed by atoms with Crippen LogP contribution < -0.4 is 5.32 Å².